The van der Waals surface area contributed by atoms with Crippen molar-refractivity contribution in [2.75, 3.05) is 7.05 Å². The summed E-state index contributed by atoms with van der Waals surface area (Å²) in [6, 6.07) is 0.399. The maximum atomic E-state index is 12.2. The van der Waals surface area contributed by atoms with E-state index in [2.05, 4.69) is 17.2 Å². The lowest BCUT2D eigenvalue weighted by molar-refractivity contribution is 0.189. The fourth-order valence-electron chi connectivity index (χ4n) is 2.64. The minimum Gasteiger partial charge on any atom is -0.335 e. The SMILES string of the molecule is Cc1nc([C@@H](C)N(C)C(=O)NC2CCCC2)c(C)s1. The highest BCUT2D eigenvalue weighted by atomic mass is 32.1. The minimum absolute atomic E-state index is 0.0180. The Bertz CT molecular complexity index is 452. The number of nitrogens with one attached hydrogen (secondary N) is 1. The average Bonchev–Trinajstić information content (AvgIpc) is 2.97. The number of aromatic nitrogens is 1. The van der Waals surface area contributed by atoms with Gasteiger partial charge in [-0.05, 0) is 33.6 Å². The van der Waals surface area contributed by atoms with Crippen molar-refractivity contribution in [3.63, 3.8) is 0 Å². The van der Waals surface area contributed by atoms with E-state index in [1.807, 2.05) is 20.9 Å². The Morgan fingerprint density at radius 1 is 1.42 bits per heavy atom. The summed E-state index contributed by atoms with van der Waals surface area (Å²) in [6.45, 7) is 6.11. The summed E-state index contributed by atoms with van der Waals surface area (Å²) in [5.74, 6) is 0. The van der Waals surface area contributed by atoms with E-state index in [0.29, 0.717) is 6.04 Å². The van der Waals surface area contributed by atoms with E-state index in [1.165, 1.54) is 17.7 Å². The van der Waals surface area contributed by atoms with Gasteiger partial charge in [-0.2, -0.15) is 0 Å². The number of carbonyl (C=O) groups excluding carboxylic acids is 1. The Labute approximate surface area is 119 Å². The molecule has 1 N–H and O–H groups in total. The van der Waals surface area contributed by atoms with E-state index in [9.17, 15) is 4.79 Å². The lowest BCUT2D eigenvalue weighted by Crippen LogP contribution is -2.43. The Morgan fingerprint density at radius 2 is 2.05 bits per heavy atom. The van der Waals surface area contributed by atoms with Gasteiger partial charge in [-0.1, -0.05) is 12.8 Å². The molecule has 19 heavy (non-hydrogen) atoms. The smallest absolute Gasteiger partial charge is 0.317 e. The molecule has 1 saturated carbocycles. The van der Waals surface area contributed by atoms with E-state index in [4.69, 9.17) is 0 Å². The number of hydrogen-bond acceptors (Lipinski definition) is 3. The Morgan fingerprint density at radius 3 is 2.58 bits per heavy atom. The molecule has 1 heterocycles. The van der Waals surface area contributed by atoms with Gasteiger partial charge in [0.15, 0.2) is 0 Å². The molecule has 1 fully saturated rings. The van der Waals surface area contributed by atoms with E-state index in [0.717, 1.165) is 23.5 Å². The largest absolute Gasteiger partial charge is 0.335 e. The van der Waals surface area contributed by atoms with Gasteiger partial charge in [0.25, 0.3) is 0 Å². The number of urea groups is 1. The molecule has 0 aromatic carbocycles. The van der Waals surface area contributed by atoms with Gasteiger partial charge in [0.05, 0.1) is 16.7 Å². The zero-order valence-corrected chi connectivity index (χ0v) is 13.0. The van der Waals surface area contributed by atoms with Crippen LogP contribution < -0.4 is 5.32 Å². The van der Waals surface area contributed by atoms with Gasteiger partial charge < -0.3 is 10.2 Å². The van der Waals surface area contributed by atoms with E-state index in [1.54, 1.807) is 16.2 Å². The molecule has 2 amide bonds. The molecule has 0 aliphatic heterocycles. The second-order valence-electron chi connectivity index (χ2n) is 5.39. The van der Waals surface area contributed by atoms with E-state index in [-0.39, 0.29) is 12.1 Å². The monoisotopic (exact) mass is 281 g/mol. The normalized spacial score (nSPS) is 17.5. The minimum atomic E-state index is 0.0180. The van der Waals surface area contributed by atoms with Gasteiger partial charge in [-0.25, -0.2) is 9.78 Å². The zero-order valence-electron chi connectivity index (χ0n) is 12.2. The number of aryl methyl sites for hydroxylation is 2. The summed E-state index contributed by atoms with van der Waals surface area (Å²) in [5, 5.41) is 4.18. The third-order valence-corrected chi connectivity index (χ3v) is 4.82. The van der Waals surface area contributed by atoms with Crippen LogP contribution >= 0.6 is 11.3 Å². The molecule has 0 bridgehead atoms. The van der Waals surface area contributed by atoms with Crippen LogP contribution in [-0.4, -0.2) is 29.0 Å². The van der Waals surface area contributed by atoms with Crippen LogP contribution in [0.15, 0.2) is 0 Å². The molecule has 0 unspecified atom stereocenters. The summed E-state index contributed by atoms with van der Waals surface area (Å²) >= 11 is 1.69. The maximum absolute atomic E-state index is 12.2. The van der Waals surface area contributed by atoms with Crippen molar-refractivity contribution < 1.29 is 4.79 Å². The second-order valence-corrected chi connectivity index (χ2v) is 6.80. The van der Waals surface area contributed by atoms with Crippen molar-refractivity contribution in [3.05, 3.63) is 15.6 Å². The van der Waals surface area contributed by atoms with E-state index < -0.39 is 0 Å². The number of carbonyl (C=O) groups is 1. The van der Waals surface area contributed by atoms with Crippen molar-refractivity contribution >= 4 is 17.4 Å². The topological polar surface area (TPSA) is 45.2 Å². The lowest BCUT2D eigenvalue weighted by Gasteiger charge is -2.26. The highest BCUT2D eigenvalue weighted by Crippen LogP contribution is 2.26. The fourth-order valence-corrected chi connectivity index (χ4v) is 3.55. The summed E-state index contributed by atoms with van der Waals surface area (Å²) in [4.78, 5) is 19.7. The number of thiazole rings is 1. The van der Waals surface area contributed by atoms with Crippen molar-refractivity contribution in [1.82, 2.24) is 15.2 Å². The first-order valence-corrected chi connectivity index (χ1v) is 7.78. The molecule has 0 radical (unpaired) electrons. The molecule has 1 aliphatic carbocycles. The summed E-state index contributed by atoms with van der Waals surface area (Å²) in [7, 11) is 1.85. The van der Waals surface area contributed by atoms with Crippen molar-refractivity contribution in [2.24, 2.45) is 0 Å². The fraction of sp³-hybridized carbons (Fsp3) is 0.714. The van der Waals surface area contributed by atoms with Crippen LogP contribution in [0, 0.1) is 13.8 Å². The Hall–Kier alpha value is -1.10. The first kappa shape index (κ1) is 14.3. The molecule has 106 valence electrons. The van der Waals surface area contributed by atoms with Crippen LogP contribution in [0.5, 0.6) is 0 Å². The molecule has 5 heteroatoms. The first-order chi connectivity index (χ1) is 8.99. The quantitative estimate of drug-likeness (QED) is 0.923. The molecular weight excluding hydrogens is 258 g/mol. The van der Waals surface area contributed by atoms with Crippen molar-refractivity contribution in [1.29, 1.82) is 0 Å². The maximum Gasteiger partial charge on any atom is 0.317 e. The predicted octanol–water partition coefficient (Wildman–Crippen LogP) is 3.40. The lowest BCUT2D eigenvalue weighted by atomic mass is 10.2. The van der Waals surface area contributed by atoms with Crippen LogP contribution in [0.2, 0.25) is 0 Å². The number of hydrogen-bond donors (Lipinski definition) is 1. The average molecular weight is 281 g/mol. The second kappa shape index (κ2) is 5.90. The molecule has 1 atom stereocenters. The molecule has 0 spiro atoms. The zero-order chi connectivity index (χ0) is 14.0. The molecule has 1 aromatic heterocycles. The Balaban J connectivity index is 1.99. The van der Waals surface area contributed by atoms with Crippen LogP contribution in [-0.2, 0) is 0 Å². The Kier molecular flexibility index (Phi) is 4.45. The van der Waals surface area contributed by atoms with E-state index >= 15 is 0 Å². The molecular formula is C14H23N3OS. The van der Waals surface area contributed by atoms with Crippen molar-refractivity contribution in [2.45, 2.75) is 58.5 Å². The first-order valence-electron chi connectivity index (χ1n) is 6.96. The molecule has 1 aromatic rings. The van der Waals surface area contributed by atoms with Gasteiger partial charge in [0, 0.05) is 18.0 Å². The van der Waals surface area contributed by atoms with Gasteiger partial charge in [0.2, 0.25) is 0 Å². The summed E-state index contributed by atoms with van der Waals surface area (Å²) < 4.78 is 0. The standard InChI is InChI=1S/C14H23N3OS/c1-9(13-10(2)19-11(3)15-13)17(4)14(18)16-12-7-5-6-8-12/h9,12H,5-8H2,1-4H3,(H,16,18)/t9-/m1/s1. The highest BCUT2D eigenvalue weighted by molar-refractivity contribution is 7.11. The van der Waals surface area contributed by atoms with Gasteiger partial charge >= 0.3 is 6.03 Å². The molecule has 4 nitrogen and oxygen atoms in total. The van der Waals surface area contributed by atoms with Crippen LogP contribution in [0.4, 0.5) is 4.79 Å². The third kappa shape index (κ3) is 3.26. The van der Waals surface area contributed by atoms with Gasteiger partial charge in [0.1, 0.15) is 0 Å². The molecule has 0 saturated heterocycles. The van der Waals surface area contributed by atoms with Crippen LogP contribution in [0.25, 0.3) is 0 Å². The summed E-state index contributed by atoms with van der Waals surface area (Å²) in [6.07, 6.45) is 4.69. The number of nitrogens with zero attached hydrogens (tertiary/aromatic N) is 2. The van der Waals surface area contributed by atoms with Gasteiger partial charge in [-0.15, -0.1) is 11.3 Å². The third-order valence-electron chi connectivity index (χ3n) is 3.92. The summed E-state index contributed by atoms with van der Waals surface area (Å²) in [5.41, 5.74) is 1.02. The van der Waals surface area contributed by atoms with Crippen molar-refractivity contribution in [3.8, 4) is 0 Å². The molecule has 1 aliphatic rings. The van der Waals surface area contributed by atoms with Crippen LogP contribution in [0.1, 0.15) is 54.2 Å². The highest BCUT2D eigenvalue weighted by Gasteiger charge is 2.24. The number of amides is 2. The predicted molar refractivity (Wildman–Crippen MR) is 78.6 cm³/mol. The number of rotatable bonds is 3. The molecule has 2 rings (SSSR count). The van der Waals surface area contributed by atoms with Crippen LogP contribution in [0.3, 0.4) is 0 Å². The van der Waals surface area contributed by atoms with Gasteiger partial charge in [-0.3, -0.25) is 0 Å².